The molecular formula is C11H19NO2. The molecule has 1 aliphatic rings. The SMILES string of the molecule is CN(CCCCCO)C1=CC(=O)CC1. The Morgan fingerprint density at radius 3 is 2.71 bits per heavy atom. The third-order valence-electron chi connectivity index (χ3n) is 2.60. The summed E-state index contributed by atoms with van der Waals surface area (Å²) >= 11 is 0. The summed E-state index contributed by atoms with van der Waals surface area (Å²) in [6.07, 6.45) is 6.36. The van der Waals surface area contributed by atoms with Gasteiger partial charge >= 0.3 is 0 Å². The molecule has 0 saturated heterocycles. The van der Waals surface area contributed by atoms with E-state index in [9.17, 15) is 4.79 Å². The van der Waals surface area contributed by atoms with E-state index in [1.54, 1.807) is 6.08 Å². The molecule has 0 aromatic heterocycles. The van der Waals surface area contributed by atoms with E-state index in [1.807, 2.05) is 7.05 Å². The lowest BCUT2D eigenvalue weighted by Crippen LogP contribution is -2.17. The molecule has 0 aromatic rings. The summed E-state index contributed by atoms with van der Waals surface area (Å²) in [6.45, 7) is 1.27. The normalized spacial score (nSPS) is 15.9. The van der Waals surface area contributed by atoms with Crippen LogP contribution in [0.3, 0.4) is 0 Å². The van der Waals surface area contributed by atoms with Crippen molar-refractivity contribution >= 4 is 5.78 Å². The first-order valence-electron chi connectivity index (χ1n) is 5.29. The van der Waals surface area contributed by atoms with E-state index in [0.717, 1.165) is 32.2 Å². The van der Waals surface area contributed by atoms with E-state index in [2.05, 4.69) is 4.90 Å². The summed E-state index contributed by atoms with van der Waals surface area (Å²) in [5.41, 5.74) is 1.17. The summed E-state index contributed by atoms with van der Waals surface area (Å²) in [4.78, 5) is 13.2. The molecular weight excluding hydrogens is 178 g/mol. The van der Waals surface area contributed by atoms with Gasteiger partial charge in [0, 0.05) is 38.4 Å². The molecule has 0 atom stereocenters. The number of rotatable bonds is 6. The fourth-order valence-corrected chi connectivity index (χ4v) is 1.66. The van der Waals surface area contributed by atoms with Crippen LogP contribution in [0.5, 0.6) is 0 Å². The van der Waals surface area contributed by atoms with Crippen molar-refractivity contribution in [3.05, 3.63) is 11.8 Å². The standard InChI is InChI=1S/C11H19NO2/c1-12(7-3-2-4-8-13)10-5-6-11(14)9-10/h9,13H,2-8H2,1H3. The van der Waals surface area contributed by atoms with Crippen LogP contribution in [-0.4, -0.2) is 36.0 Å². The fourth-order valence-electron chi connectivity index (χ4n) is 1.66. The average Bonchev–Trinajstić information content (AvgIpc) is 2.59. The Bertz CT molecular complexity index is 223. The van der Waals surface area contributed by atoms with Crippen molar-refractivity contribution in [2.24, 2.45) is 0 Å². The van der Waals surface area contributed by atoms with Gasteiger partial charge in [0.25, 0.3) is 0 Å². The molecule has 80 valence electrons. The molecule has 1 N–H and O–H groups in total. The Hall–Kier alpha value is -0.830. The first-order chi connectivity index (χ1) is 6.74. The van der Waals surface area contributed by atoms with Crippen molar-refractivity contribution in [3.63, 3.8) is 0 Å². The monoisotopic (exact) mass is 197 g/mol. The van der Waals surface area contributed by atoms with Crippen molar-refractivity contribution in [3.8, 4) is 0 Å². The smallest absolute Gasteiger partial charge is 0.157 e. The van der Waals surface area contributed by atoms with Gasteiger partial charge in [-0.05, 0) is 25.7 Å². The highest BCUT2D eigenvalue weighted by molar-refractivity contribution is 5.92. The van der Waals surface area contributed by atoms with E-state index < -0.39 is 0 Å². The average molecular weight is 197 g/mol. The number of nitrogens with zero attached hydrogens (tertiary/aromatic N) is 1. The Labute approximate surface area is 85.4 Å². The zero-order valence-electron chi connectivity index (χ0n) is 8.83. The number of ketones is 1. The second kappa shape index (κ2) is 5.81. The number of unbranched alkanes of at least 4 members (excludes halogenated alkanes) is 2. The van der Waals surface area contributed by atoms with E-state index in [1.165, 1.54) is 5.70 Å². The van der Waals surface area contributed by atoms with Gasteiger partial charge in [-0.2, -0.15) is 0 Å². The van der Waals surface area contributed by atoms with Crippen molar-refractivity contribution in [1.29, 1.82) is 0 Å². The van der Waals surface area contributed by atoms with Gasteiger partial charge in [0.2, 0.25) is 0 Å². The van der Waals surface area contributed by atoms with Gasteiger partial charge in [0.15, 0.2) is 5.78 Å². The summed E-state index contributed by atoms with van der Waals surface area (Å²) in [7, 11) is 2.03. The van der Waals surface area contributed by atoms with Crippen LogP contribution >= 0.6 is 0 Å². The molecule has 0 fully saturated rings. The summed E-state index contributed by atoms with van der Waals surface area (Å²) < 4.78 is 0. The lowest BCUT2D eigenvalue weighted by molar-refractivity contribution is -0.114. The summed E-state index contributed by atoms with van der Waals surface area (Å²) in [5.74, 6) is 0.252. The Morgan fingerprint density at radius 1 is 1.36 bits per heavy atom. The third kappa shape index (κ3) is 3.50. The third-order valence-corrected chi connectivity index (χ3v) is 2.60. The minimum atomic E-state index is 0.252. The maximum atomic E-state index is 11.0. The van der Waals surface area contributed by atoms with Crippen molar-refractivity contribution < 1.29 is 9.90 Å². The largest absolute Gasteiger partial charge is 0.396 e. The molecule has 0 unspecified atom stereocenters. The zero-order chi connectivity index (χ0) is 10.4. The molecule has 1 rings (SSSR count). The van der Waals surface area contributed by atoms with Crippen LogP contribution in [0.1, 0.15) is 32.1 Å². The Kier molecular flexibility index (Phi) is 4.66. The van der Waals surface area contributed by atoms with Crippen LogP contribution < -0.4 is 0 Å². The molecule has 0 bridgehead atoms. The maximum Gasteiger partial charge on any atom is 0.157 e. The molecule has 0 amide bonds. The van der Waals surface area contributed by atoms with Gasteiger partial charge in [-0.25, -0.2) is 0 Å². The number of hydrogen-bond donors (Lipinski definition) is 1. The predicted molar refractivity (Wildman–Crippen MR) is 55.9 cm³/mol. The number of aliphatic hydroxyl groups excluding tert-OH is 1. The minimum Gasteiger partial charge on any atom is -0.396 e. The Morgan fingerprint density at radius 2 is 2.14 bits per heavy atom. The highest BCUT2D eigenvalue weighted by Gasteiger charge is 2.14. The van der Waals surface area contributed by atoms with Gasteiger partial charge in [-0.3, -0.25) is 4.79 Å². The van der Waals surface area contributed by atoms with E-state index >= 15 is 0 Å². The summed E-state index contributed by atoms with van der Waals surface area (Å²) in [5, 5.41) is 8.61. The van der Waals surface area contributed by atoms with Crippen LogP contribution in [0.15, 0.2) is 11.8 Å². The van der Waals surface area contributed by atoms with Gasteiger partial charge in [0.05, 0.1) is 0 Å². The number of carbonyl (C=O) groups is 1. The number of aliphatic hydroxyl groups is 1. The van der Waals surface area contributed by atoms with Crippen molar-refractivity contribution in [2.75, 3.05) is 20.2 Å². The van der Waals surface area contributed by atoms with E-state index in [-0.39, 0.29) is 12.4 Å². The van der Waals surface area contributed by atoms with Crippen LogP contribution in [0.25, 0.3) is 0 Å². The first-order valence-corrected chi connectivity index (χ1v) is 5.29. The lowest BCUT2D eigenvalue weighted by Gasteiger charge is -2.19. The lowest BCUT2D eigenvalue weighted by atomic mass is 10.2. The van der Waals surface area contributed by atoms with Gasteiger partial charge in [-0.15, -0.1) is 0 Å². The molecule has 14 heavy (non-hydrogen) atoms. The second-order valence-electron chi connectivity index (χ2n) is 3.81. The minimum absolute atomic E-state index is 0.252. The molecule has 3 nitrogen and oxygen atoms in total. The topological polar surface area (TPSA) is 40.5 Å². The van der Waals surface area contributed by atoms with Gasteiger partial charge < -0.3 is 10.0 Å². The molecule has 0 heterocycles. The molecule has 0 radical (unpaired) electrons. The number of hydrogen-bond acceptors (Lipinski definition) is 3. The quantitative estimate of drug-likeness (QED) is 0.653. The summed E-state index contributed by atoms with van der Waals surface area (Å²) in [6, 6.07) is 0. The molecule has 0 saturated carbocycles. The molecule has 1 aliphatic carbocycles. The maximum absolute atomic E-state index is 11.0. The van der Waals surface area contributed by atoms with Gasteiger partial charge in [0.1, 0.15) is 0 Å². The molecule has 0 spiro atoms. The predicted octanol–water partition coefficient (Wildman–Crippen LogP) is 1.33. The zero-order valence-corrected chi connectivity index (χ0v) is 8.83. The van der Waals surface area contributed by atoms with Crippen molar-refractivity contribution in [1.82, 2.24) is 4.90 Å². The van der Waals surface area contributed by atoms with E-state index in [0.29, 0.717) is 6.42 Å². The van der Waals surface area contributed by atoms with E-state index in [4.69, 9.17) is 5.11 Å². The highest BCUT2D eigenvalue weighted by Crippen LogP contribution is 2.18. The van der Waals surface area contributed by atoms with Gasteiger partial charge in [-0.1, -0.05) is 0 Å². The second-order valence-corrected chi connectivity index (χ2v) is 3.81. The van der Waals surface area contributed by atoms with Crippen LogP contribution in [0.4, 0.5) is 0 Å². The molecule has 0 aliphatic heterocycles. The molecule has 0 aromatic carbocycles. The van der Waals surface area contributed by atoms with Crippen LogP contribution in [0.2, 0.25) is 0 Å². The van der Waals surface area contributed by atoms with Crippen LogP contribution in [-0.2, 0) is 4.79 Å². The Balaban J connectivity index is 2.18. The first kappa shape index (κ1) is 11.2. The number of carbonyl (C=O) groups excluding carboxylic acids is 1. The van der Waals surface area contributed by atoms with Crippen LogP contribution in [0, 0.1) is 0 Å². The fraction of sp³-hybridized carbons (Fsp3) is 0.727. The molecule has 3 heteroatoms. The highest BCUT2D eigenvalue weighted by atomic mass is 16.2. The number of allylic oxidation sites excluding steroid dienone is 2. The van der Waals surface area contributed by atoms with Crippen molar-refractivity contribution in [2.45, 2.75) is 32.1 Å².